The minimum Gasteiger partial charge on any atom is -0.487 e. The van der Waals surface area contributed by atoms with Gasteiger partial charge in [-0.25, -0.2) is 4.98 Å². The maximum Gasteiger partial charge on any atom is 0.129 e. The molecule has 4 rings (SSSR count). The first-order chi connectivity index (χ1) is 10.3. The SMILES string of the molecule is NCc1cccc(-c2nc3c(s2)COc2ccccc2-3)c1. The maximum atomic E-state index is 5.79. The van der Waals surface area contributed by atoms with E-state index in [0.717, 1.165) is 33.1 Å². The van der Waals surface area contributed by atoms with E-state index in [1.165, 1.54) is 4.88 Å². The van der Waals surface area contributed by atoms with Gasteiger partial charge in [0.05, 0.1) is 10.6 Å². The molecule has 0 radical (unpaired) electrons. The quantitative estimate of drug-likeness (QED) is 0.781. The Morgan fingerprint density at radius 1 is 1.14 bits per heavy atom. The number of nitrogens with two attached hydrogens (primary N) is 1. The predicted molar refractivity (Wildman–Crippen MR) is 85.2 cm³/mol. The highest BCUT2D eigenvalue weighted by atomic mass is 32.1. The highest BCUT2D eigenvalue weighted by Crippen LogP contribution is 2.41. The smallest absolute Gasteiger partial charge is 0.129 e. The third-order valence-electron chi connectivity index (χ3n) is 3.61. The fraction of sp³-hybridized carbons (Fsp3) is 0.118. The van der Waals surface area contributed by atoms with Gasteiger partial charge in [0, 0.05) is 17.7 Å². The van der Waals surface area contributed by atoms with Crippen molar-refractivity contribution in [2.45, 2.75) is 13.2 Å². The van der Waals surface area contributed by atoms with E-state index in [9.17, 15) is 0 Å². The summed E-state index contributed by atoms with van der Waals surface area (Å²) < 4.78 is 5.79. The number of hydrogen-bond donors (Lipinski definition) is 1. The van der Waals surface area contributed by atoms with Crippen LogP contribution in [0.1, 0.15) is 10.4 Å². The van der Waals surface area contributed by atoms with Gasteiger partial charge in [0.2, 0.25) is 0 Å². The summed E-state index contributed by atoms with van der Waals surface area (Å²) in [4.78, 5) is 6.02. The molecule has 1 aromatic heterocycles. The van der Waals surface area contributed by atoms with Gasteiger partial charge in [-0.05, 0) is 23.8 Å². The van der Waals surface area contributed by atoms with Crippen molar-refractivity contribution in [3.8, 4) is 27.6 Å². The van der Waals surface area contributed by atoms with Gasteiger partial charge in [-0.2, -0.15) is 0 Å². The van der Waals surface area contributed by atoms with Crippen molar-refractivity contribution in [2.75, 3.05) is 0 Å². The lowest BCUT2D eigenvalue weighted by atomic mass is 10.1. The third-order valence-corrected chi connectivity index (χ3v) is 4.69. The average Bonchev–Trinajstić information content (AvgIpc) is 2.99. The molecule has 0 unspecified atom stereocenters. The lowest BCUT2D eigenvalue weighted by Gasteiger charge is -2.15. The molecule has 1 aliphatic heterocycles. The van der Waals surface area contributed by atoms with Crippen LogP contribution in [0.2, 0.25) is 0 Å². The number of para-hydroxylation sites is 1. The molecule has 2 N–H and O–H groups in total. The van der Waals surface area contributed by atoms with Gasteiger partial charge in [-0.15, -0.1) is 11.3 Å². The van der Waals surface area contributed by atoms with Crippen molar-refractivity contribution in [3.63, 3.8) is 0 Å². The molecule has 0 amide bonds. The minimum atomic E-state index is 0.547. The first-order valence-corrected chi connectivity index (χ1v) is 7.68. The Bertz CT molecular complexity index is 810. The molecule has 3 aromatic rings. The molecule has 0 aliphatic carbocycles. The molecule has 0 saturated heterocycles. The molecular weight excluding hydrogens is 280 g/mol. The number of hydrogen-bond acceptors (Lipinski definition) is 4. The van der Waals surface area contributed by atoms with Gasteiger partial charge < -0.3 is 10.5 Å². The Morgan fingerprint density at radius 2 is 2.05 bits per heavy atom. The second-order valence-electron chi connectivity index (χ2n) is 4.98. The summed E-state index contributed by atoms with van der Waals surface area (Å²) in [5, 5.41) is 1.02. The van der Waals surface area contributed by atoms with E-state index in [1.807, 2.05) is 30.3 Å². The topological polar surface area (TPSA) is 48.1 Å². The minimum absolute atomic E-state index is 0.547. The molecule has 0 spiro atoms. The summed E-state index contributed by atoms with van der Waals surface area (Å²) in [6.07, 6.45) is 0. The molecule has 2 aromatic carbocycles. The normalized spacial score (nSPS) is 12.4. The van der Waals surface area contributed by atoms with Crippen LogP contribution in [0.25, 0.3) is 21.8 Å². The first-order valence-electron chi connectivity index (χ1n) is 6.86. The van der Waals surface area contributed by atoms with E-state index < -0.39 is 0 Å². The van der Waals surface area contributed by atoms with Crippen LogP contribution in [0.4, 0.5) is 0 Å². The number of rotatable bonds is 2. The van der Waals surface area contributed by atoms with Gasteiger partial charge in [-0.1, -0.05) is 30.3 Å². The second-order valence-corrected chi connectivity index (χ2v) is 6.06. The number of nitrogens with zero attached hydrogens (tertiary/aromatic N) is 1. The monoisotopic (exact) mass is 294 g/mol. The number of fused-ring (bicyclic) bond motifs is 3. The third kappa shape index (κ3) is 2.13. The first kappa shape index (κ1) is 12.6. The van der Waals surface area contributed by atoms with E-state index in [1.54, 1.807) is 11.3 Å². The summed E-state index contributed by atoms with van der Waals surface area (Å²) in [6, 6.07) is 16.3. The summed E-state index contributed by atoms with van der Waals surface area (Å²) in [5.74, 6) is 0.914. The largest absolute Gasteiger partial charge is 0.487 e. The molecule has 3 nitrogen and oxygen atoms in total. The second kappa shape index (κ2) is 4.98. The van der Waals surface area contributed by atoms with Crippen molar-refractivity contribution < 1.29 is 4.74 Å². The molecular formula is C17H14N2OS. The zero-order valence-electron chi connectivity index (χ0n) is 11.4. The number of aromatic nitrogens is 1. The van der Waals surface area contributed by atoms with E-state index >= 15 is 0 Å². The average molecular weight is 294 g/mol. The predicted octanol–water partition coefficient (Wildman–Crippen LogP) is 3.83. The zero-order chi connectivity index (χ0) is 14.2. The van der Waals surface area contributed by atoms with Gasteiger partial charge >= 0.3 is 0 Å². The number of ether oxygens (including phenoxy) is 1. The molecule has 0 atom stereocenters. The van der Waals surface area contributed by atoms with Gasteiger partial charge in [0.25, 0.3) is 0 Å². The fourth-order valence-electron chi connectivity index (χ4n) is 2.55. The Balaban J connectivity index is 1.83. The summed E-state index contributed by atoms with van der Waals surface area (Å²) in [7, 11) is 0. The van der Waals surface area contributed by atoms with Crippen LogP contribution in [0, 0.1) is 0 Å². The van der Waals surface area contributed by atoms with E-state index in [0.29, 0.717) is 13.2 Å². The van der Waals surface area contributed by atoms with Crippen LogP contribution in [-0.4, -0.2) is 4.98 Å². The van der Waals surface area contributed by atoms with Crippen molar-refractivity contribution in [1.29, 1.82) is 0 Å². The van der Waals surface area contributed by atoms with Crippen LogP contribution >= 0.6 is 11.3 Å². The lowest BCUT2D eigenvalue weighted by molar-refractivity contribution is 0.305. The summed E-state index contributed by atoms with van der Waals surface area (Å²) in [6.45, 7) is 1.14. The van der Waals surface area contributed by atoms with Crippen molar-refractivity contribution in [3.05, 3.63) is 59.0 Å². The summed E-state index contributed by atoms with van der Waals surface area (Å²) in [5.41, 5.74) is 10.1. The molecule has 0 fully saturated rings. The van der Waals surface area contributed by atoms with Gasteiger partial charge in [-0.3, -0.25) is 0 Å². The van der Waals surface area contributed by atoms with Crippen molar-refractivity contribution in [2.24, 2.45) is 5.73 Å². The van der Waals surface area contributed by atoms with Crippen molar-refractivity contribution in [1.82, 2.24) is 4.98 Å². The lowest BCUT2D eigenvalue weighted by Crippen LogP contribution is -2.02. The molecule has 4 heteroatoms. The highest BCUT2D eigenvalue weighted by Gasteiger charge is 2.22. The van der Waals surface area contributed by atoms with Crippen LogP contribution in [0.5, 0.6) is 5.75 Å². The van der Waals surface area contributed by atoms with Crippen LogP contribution in [-0.2, 0) is 13.2 Å². The van der Waals surface area contributed by atoms with Gasteiger partial charge in [0.1, 0.15) is 17.4 Å². The Labute approximate surface area is 127 Å². The van der Waals surface area contributed by atoms with Gasteiger partial charge in [0.15, 0.2) is 0 Å². The Kier molecular flexibility index (Phi) is 2.98. The van der Waals surface area contributed by atoms with Crippen LogP contribution in [0.3, 0.4) is 0 Å². The molecule has 2 heterocycles. The Morgan fingerprint density at radius 3 is 2.95 bits per heavy atom. The number of thiazole rings is 1. The van der Waals surface area contributed by atoms with E-state index in [2.05, 4.69) is 18.2 Å². The number of benzene rings is 2. The zero-order valence-corrected chi connectivity index (χ0v) is 12.2. The summed E-state index contributed by atoms with van der Waals surface area (Å²) >= 11 is 1.69. The van der Waals surface area contributed by atoms with E-state index in [-0.39, 0.29) is 0 Å². The fourth-order valence-corrected chi connectivity index (χ4v) is 3.53. The molecule has 0 saturated carbocycles. The standard InChI is InChI=1S/C17H14N2OS/c18-9-11-4-3-5-12(8-11)17-19-16-13-6-1-2-7-14(13)20-10-15(16)21-17/h1-8H,9-10,18H2. The molecule has 21 heavy (non-hydrogen) atoms. The van der Waals surface area contributed by atoms with Crippen LogP contribution < -0.4 is 10.5 Å². The Hall–Kier alpha value is -2.17. The van der Waals surface area contributed by atoms with Crippen LogP contribution in [0.15, 0.2) is 48.5 Å². The molecule has 1 aliphatic rings. The molecule has 104 valence electrons. The van der Waals surface area contributed by atoms with E-state index in [4.69, 9.17) is 15.5 Å². The highest BCUT2D eigenvalue weighted by molar-refractivity contribution is 7.15. The maximum absolute atomic E-state index is 5.79. The van der Waals surface area contributed by atoms with Crippen molar-refractivity contribution >= 4 is 11.3 Å². The molecule has 0 bridgehead atoms.